The first kappa shape index (κ1) is 13.4. The van der Waals surface area contributed by atoms with E-state index in [1.807, 2.05) is 18.2 Å². The van der Waals surface area contributed by atoms with Gasteiger partial charge in [-0.3, -0.25) is 9.59 Å². The second kappa shape index (κ2) is 6.22. The Balaban J connectivity index is 1.83. The lowest BCUT2D eigenvalue weighted by molar-refractivity contribution is -0.137. The number of hydrogen-bond donors (Lipinski definition) is 2. The van der Waals surface area contributed by atoms with Gasteiger partial charge in [-0.1, -0.05) is 6.07 Å². The smallest absolute Gasteiger partial charge is 0.303 e. The SMILES string of the molecule is O=C(O)CCCCOc1ccc2c(c1)NC(=O)CC2. The van der Waals surface area contributed by atoms with E-state index in [0.717, 1.165) is 17.7 Å². The Morgan fingerprint density at radius 1 is 1.32 bits per heavy atom. The van der Waals surface area contributed by atoms with Crippen LogP contribution in [0, 0.1) is 0 Å². The third-order valence-corrected chi connectivity index (χ3v) is 3.03. The molecule has 1 aromatic carbocycles. The Labute approximate surface area is 111 Å². The molecular weight excluding hydrogens is 246 g/mol. The zero-order valence-electron chi connectivity index (χ0n) is 10.6. The molecular formula is C14H17NO4. The van der Waals surface area contributed by atoms with E-state index in [2.05, 4.69) is 5.32 Å². The number of carboxylic acid groups (broad SMARTS) is 1. The van der Waals surface area contributed by atoms with Crippen LogP contribution in [0.2, 0.25) is 0 Å². The summed E-state index contributed by atoms with van der Waals surface area (Å²) in [6.07, 6.45) is 2.78. The van der Waals surface area contributed by atoms with E-state index in [1.165, 1.54) is 0 Å². The van der Waals surface area contributed by atoms with Crippen LogP contribution in [0.3, 0.4) is 0 Å². The monoisotopic (exact) mass is 263 g/mol. The number of aliphatic carboxylic acids is 1. The van der Waals surface area contributed by atoms with E-state index in [1.54, 1.807) is 0 Å². The average molecular weight is 263 g/mol. The normalized spacial score (nSPS) is 13.6. The molecule has 0 spiro atoms. The Morgan fingerprint density at radius 2 is 2.16 bits per heavy atom. The Morgan fingerprint density at radius 3 is 2.95 bits per heavy atom. The van der Waals surface area contributed by atoms with E-state index in [-0.39, 0.29) is 12.3 Å². The number of benzene rings is 1. The molecule has 0 saturated carbocycles. The first-order valence-corrected chi connectivity index (χ1v) is 6.42. The van der Waals surface area contributed by atoms with E-state index in [4.69, 9.17) is 9.84 Å². The molecule has 1 aliphatic heterocycles. The summed E-state index contributed by atoms with van der Waals surface area (Å²) in [5, 5.41) is 11.3. The summed E-state index contributed by atoms with van der Waals surface area (Å²) in [7, 11) is 0. The van der Waals surface area contributed by atoms with Crippen LogP contribution in [-0.2, 0) is 16.0 Å². The van der Waals surface area contributed by atoms with Gasteiger partial charge >= 0.3 is 5.97 Å². The lowest BCUT2D eigenvalue weighted by Crippen LogP contribution is -2.18. The summed E-state index contributed by atoms with van der Waals surface area (Å²) >= 11 is 0. The van der Waals surface area contributed by atoms with Gasteiger partial charge in [-0.15, -0.1) is 0 Å². The number of ether oxygens (including phenoxy) is 1. The fourth-order valence-electron chi connectivity index (χ4n) is 2.01. The molecule has 1 aliphatic rings. The van der Waals surface area contributed by atoms with Gasteiger partial charge in [0, 0.05) is 24.6 Å². The van der Waals surface area contributed by atoms with Crippen LogP contribution in [0.15, 0.2) is 18.2 Å². The van der Waals surface area contributed by atoms with Gasteiger partial charge in [0.25, 0.3) is 0 Å². The van der Waals surface area contributed by atoms with Crippen molar-refractivity contribution in [3.05, 3.63) is 23.8 Å². The molecule has 0 radical (unpaired) electrons. The van der Waals surface area contributed by atoms with Crippen LogP contribution in [-0.4, -0.2) is 23.6 Å². The molecule has 2 rings (SSSR count). The Hall–Kier alpha value is -2.04. The topological polar surface area (TPSA) is 75.6 Å². The number of carboxylic acids is 1. The number of carbonyl (C=O) groups is 2. The molecule has 19 heavy (non-hydrogen) atoms. The molecule has 0 saturated heterocycles. The van der Waals surface area contributed by atoms with Crippen molar-refractivity contribution in [3.8, 4) is 5.75 Å². The van der Waals surface area contributed by atoms with Crippen molar-refractivity contribution in [2.24, 2.45) is 0 Å². The van der Waals surface area contributed by atoms with Crippen molar-refractivity contribution >= 4 is 17.6 Å². The second-order valence-electron chi connectivity index (χ2n) is 4.57. The van der Waals surface area contributed by atoms with E-state index < -0.39 is 5.97 Å². The van der Waals surface area contributed by atoms with Crippen LogP contribution in [0.1, 0.15) is 31.2 Å². The number of anilines is 1. The molecule has 0 fully saturated rings. The van der Waals surface area contributed by atoms with Crippen LogP contribution < -0.4 is 10.1 Å². The van der Waals surface area contributed by atoms with E-state index >= 15 is 0 Å². The number of amides is 1. The summed E-state index contributed by atoms with van der Waals surface area (Å²) < 4.78 is 5.54. The van der Waals surface area contributed by atoms with Crippen molar-refractivity contribution in [1.29, 1.82) is 0 Å². The van der Waals surface area contributed by atoms with Gasteiger partial charge in [0.1, 0.15) is 5.75 Å². The van der Waals surface area contributed by atoms with Crippen molar-refractivity contribution in [1.82, 2.24) is 0 Å². The quantitative estimate of drug-likeness (QED) is 0.771. The van der Waals surface area contributed by atoms with Crippen LogP contribution >= 0.6 is 0 Å². The number of fused-ring (bicyclic) bond motifs is 1. The second-order valence-corrected chi connectivity index (χ2v) is 4.57. The molecule has 1 amide bonds. The molecule has 0 aliphatic carbocycles. The van der Waals surface area contributed by atoms with Gasteiger partial charge in [0.05, 0.1) is 6.61 Å². The highest BCUT2D eigenvalue weighted by molar-refractivity contribution is 5.94. The molecule has 5 nitrogen and oxygen atoms in total. The fourth-order valence-corrected chi connectivity index (χ4v) is 2.01. The number of hydrogen-bond acceptors (Lipinski definition) is 3. The largest absolute Gasteiger partial charge is 0.494 e. The summed E-state index contributed by atoms with van der Waals surface area (Å²) in [6, 6.07) is 5.67. The number of carbonyl (C=O) groups excluding carboxylic acids is 1. The third-order valence-electron chi connectivity index (χ3n) is 3.03. The zero-order valence-corrected chi connectivity index (χ0v) is 10.6. The first-order valence-electron chi connectivity index (χ1n) is 6.42. The van der Waals surface area contributed by atoms with Crippen LogP contribution in [0.5, 0.6) is 5.75 Å². The zero-order chi connectivity index (χ0) is 13.7. The third kappa shape index (κ3) is 3.98. The Bertz CT molecular complexity index is 484. The van der Waals surface area contributed by atoms with Crippen molar-refractivity contribution in [3.63, 3.8) is 0 Å². The number of rotatable bonds is 6. The molecule has 2 N–H and O–H groups in total. The van der Waals surface area contributed by atoms with Gasteiger partial charge < -0.3 is 15.2 Å². The maximum absolute atomic E-state index is 11.3. The number of unbranched alkanes of at least 4 members (excludes halogenated alkanes) is 1. The first-order chi connectivity index (χ1) is 9.15. The van der Waals surface area contributed by atoms with E-state index in [9.17, 15) is 9.59 Å². The van der Waals surface area contributed by atoms with E-state index in [0.29, 0.717) is 31.6 Å². The molecule has 1 heterocycles. The van der Waals surface area contributed by atoms with Crippen LogP contribution in [0.25, 0.3) is 0 Å². The predicted octanol–water partition coefficient (Wildman–Crippen LogP) is 2.21. The van der Waals surface area contributed by atoms with Crippen molar-refractivity contribution in [2.75, 3.05) is 11.9 Å². The van der Waals surface area contributed by atoms with Gasteiger partial charge in [-0.25, -0.2) is 0 Å². The lowest BCUT2D eigenvalue weighted by atomic mass is 10.0. The molecule has 0 bridgehead atoms. The maximum atomic E-state index is 11.3. The van der Waals surface area contributed by atoms with Crippen molar-refractivity contribution in [2.45, 2.75) is 32.1 Å². The summed E-state index contributed by atoms with van der Waals surface area (Å²) in [5.41, 5.74) is 1.94. The Kier molecular flexibility index (Phi) is 4.39. The molecule has 0 unspecified atom stereocenters. The molecule has 102 valence electrons. The van der Waals surface area contributed by atoms with Crippen molar-refractivity contribution < 1.29 is 19.4 Å². The number of aryl methyl sites for hydroxylation is 1. The summed E-state index contributed by atoms with van der Waals surface area (Å²) in [6.45, 7) is 0.486. The standard InChI is InChI=1S/C14H17NO4/c16-13-7-5-10-4-6-11(9-12(10)15-13)19-8-2-1-3-14(17)18/h4,6,9H,1-3,5,7-8H2,(H,15,16)(H,17,18). The molecule has 1 aromatic rings. The highest BCUT2D eigenvalue weighted by Gasteiger charge is 2.14. The molecule has 5 heteroatoms. The minimum atomic E-state index is -0.781. The molecule has 0 aromatic heterocycles. The minimum Gasteiger partial charge on any atom is -0.494 e. The van der Waals surface area contributed by atoms with Gasteiger partial charge in [-0.05, 0) is 30.9 Å². The predicted molar refractivity (Wildman–Crippen MR) is 70.4 cm³/mol. The highest BCUT2D eigenvalue weighted by atomic mass is 16.5. The van der Waals surface area contributed by atoms with Gasteiger partial charge in [-0.2, -0.15) is 0 Å². The molecule has 0 atom stereocenters. The van der Waals surface area contributed by atoms with Gasteiger partial charge in [0.15, 0.2) is 0 Å². The van der Waals surface area contributed by atoms with Gasteiger partial charge in [0.2, 0.25) is 5.91 Å². The summed E-state index contributed by atoms with van der Waals surface area (Å²) in [5.74, 6) is -0.0427. The number of nitrogens with one attached hydrogen (secondary N) is 1. The summed E-state index contributed by atoms with van der Waals surface area (Å²) in [4.78, 5) is 21.6. The maximum Gasteiger partial charge on any atom is 0.303 e. The fraction of sp³-hybridized carbons (Fsp3) is 0.429. The van der Waals surface area contributed by atoms with Crippen LogP contribution in [0.4, 0.5) is 5.69 Å². The minimum absolute atomic E-state index is 0.0334. The lowest BCUT2D eigenvalue weighted by Gasteiger charge is -2.17. The average Bonchev–Trinajstić information content (AvgIpc) is 2.37. The highest BCUT2D eigenvalue weighted by Crippen LogP contribution is 2.27.